The number of hydrogen-bond acceptors (Lipinski definition) is 8. The topological polar surface area (TPSA) is 124 Å². The first-order valence-corrected chi connectivity index (χ1v) is 14.0. The number of benzene rings is 1. The highest BCUT2D eigenvalue weighted by atomic mass is 32.2. The molecule has 200 valence electrons. The van der Waals surface area contributed by atoms with E-state index in [1.165, 1.54) is 10.6 Å². The molecule has 38 heavy (non-hydrogen) atoms. The van der Waals surface area contributed by atoms with Gasteiger partial charge in [0, 0.05) is 25.6 Å². The van der Waals surface area contributed by atoms with Crippen molar-refractivity contribution in [3.8, 4) is 11.3 Å². The summed E-state index contributed by atoms with van der Waals surface area (Å²) in [6, 6.07) is 6.50. The molecule has 0 spiro atoms. The Hall–Kier alpha value is -3.48. The maximum atomic E-state index is 14.9. The van der Waals surface area contributed by atoms with Crippen LogP contribution in [0.2, 0.25) is 0 Å². The van der Waals surface area contributed by atoms with E-state index in [2.05, 4.69) is 27.3 Å². The van der Waals surface area contributed by atoms with Crippen LogP contribution in [-0.4, -0.2) is 53.5 Å². The maximum absolute atomic E-state index is 14.9. The fourth-order valence-corrected chi connectivity index (χ4v) is 5.96. The van der Waals surface area contributed by atoms with Gasteiger partial charge in [0.2, 0.25) is 5.95 Å². The molecular weight excluding hydrogens is 514 g/mol. The van der Waals surface area contributed by atoms with E-state index in [1.54, 1.807) is 31.8 Å². The van der Waals surface area contributed by atoms with Crippen LogP contribution in [-0.2, 0) is 14.6 Å². The molecule has 3 heterocycles. The summed E-state index contributed by atoms with van der Waals surface area (Å²) in [7, 11) is -2.10. The Morgan fingerprint density at radius 2 is 1.87 bits per heavy atom. The molecular formula is C26H28F2N6O3S. The number of ether oxygens (including phenoxy) is 1. The highest BCUT2D eigenvalue weighted by Gasteiger charge is 2.35. The number of nitrogens with two attached hydrogens (primary N) is 1. The van der Waals surface area contributed by atoms with Gasteiger partial charge in [0.15, 0.2) is 9.84 Å². The Morgan fingerprint density at radius 1 is 1.13 bits per heavy atom. The van der Waals surface area contributed by atoms with E-state index in [0.29, 0.717) is 11.5 Å². The number of sulfone groups is 1. The highest BCUT2D eigenvalue weighted by molar-refractivity contribution is 7.90. The largest absolute Gasteiger partial charge is 0.380 e. The van der Waals surface area contributed by atoms with Crippen LogP contribution in [0, 0.1) is 17.6 Å². The molecule has 5 rings (SSSR count). The first-order valence-electron chi connectivity index (χ1n) is 12.1. The average Bonchev–Trinajstić information content (AvgIpc) is 3.25. The molecule has 4 aromatic rings. The minimum atomic E-state index is -3.79. The van der Waals surface area contributed by atoms with Crippen LogP contribution in [0.4, 0.5) is 20.4 Å². The Kier molecular flexibility index (Phi) is 6.88. The smallest absolute Gasteiger partial charge is 0.229 e. The summed E-state index contributed by atoms with van der Waals surface area (Å²) in [5.41, 5.74) is 8.31. The first-order chi connectivity index (χ1) is 18.1. The molecule has 1 aromatic carbocycles. The molecule has 12 heteroatoms. The van der Waals surface area contributed by atoms with Crippen LogP contribution in [0.25, 0.3) is 16.8 Å². The summed E-state index contributed by atoms with van der Waals surface area (Å²) in [6.45, 7) is 2.13. The third kappa shape index (κ3) is 4.86. The Labute approximate surface area is 219 Å². The van der Waals surface area contributed by atoms with Crippen molar-refractivity contribution in [1.82, 2.24) is 19.6 Å². The number of rotatable bonds is 6. The van der Waals surface area contributed by atoms with Crippen molar-refractivity contribution in [2.75, 3.05) is 18.7 Å². The van der Waals surface area contributed by atoms with E-state index in [1.807, 2.05) is 6.07 Å². The van der Waals surface area contributed by atoms with Crippen LogP contribution >= 0.6 is 0 Å². The van der Waals surface area contributed by atoms with Gasteiger partial charge in [-0.25, -0.2) is 22.2 Å². The zero-order chi connectivity index (χ0) is 27.2. The van der Waals surface area contributed by atoms with Crippen molar-refractivity contribution in [2.45, 2.75) is 42.7 Å². The molecule has 0 saturated heterocycles. The number of nitrogens with zero attached hydrogens (tertiary/aromatic N) is 4. The summed E-state index contributed by atoms with van der Waals surface area (Å²) < 4.78 is 60.3. The number of imidazole rings is 1. The molecule has 0 amide bonds. The number of aromatic nitrogens is 4. The van der Waals surface area contributed by atoms with Gasteiger partial charge in [-0.2, -0.15) is 9.61 Å². The van der Waals surface area contributed by atoms with E-state index in [9.17, 15) is 17.2 Å². The lowest BCUT2D eigenvalue weighted by Gasteiger charge is -2.38. The molecule has 0 bridgehead atoms. The lowest BCUT2D eigenvalue weighted by atomic mass is 9.74. The van der Waals surface area contributed by atoms with Gasteiger partial charge in [0.25, 0.3) is 0 Å². The number of hydrogen-bond donors (Lipinski definition) is 2. The summed E-state index contributed by atoms with van der Waals surface area (Å²) in [4.78, 5) is 8.23. The third-order valence-corrected chi connectivity index (χ3v) is 8.18. The SMILES string of the molecule is CO[C@H]1[C@H](N)C[C@H](c2ccncc2Nc2ncc3ccc(-c4c(F)cc(S(C)(=O)=O)cc4F)nn23)C[C@@H]1C. The second-order valence-corrected chi connectivity index (χ2v) is 11.8. The molecule has 1 aliphatic rings. The monoisotopic (exact) mass is 542 g/mol. The molecule has 1 saturated carbocycles. The minimum absolute atomic E-state index is 0.00403. The van der Waals surface area contributed by atoms with Crippen LogP contribution < -0.4 is 11.1 Å². The second kappa shape index (κ2) is 10.0. The Morgan fingerprint density at radius 3 is 2.53 bits per heavy atom. The summed E-state index contributed by atoms with van der Waals surface area (Å²) in [5.74, 6) is -1.29. The van der Waals surface area contributed by atoms with Crippen molar-refractivity contribution < 1.29 is 21.9 Å². The summed E-state index contributed by atoms with van der Waals surface area (Å²) in [5, 5.41) is 7.68. The standard InChI is InChI=1S/C26H28F2N6O3S/c1-14-8-15(9-21(29)25(14)37-2)18-6-7-30-13-23(18)32-26-31-12-16-4-5-22(33-34(16)26)24-19(27)10-17(11-20(24)28)38(3,35)36/h4-7,10-15,21,25H,8-9,29H2,1-3H3,(H,31,32)/t14-,15+,21+,25+/m0/s1. The Bertz CT molecular complexity index is 1570. The van der Waals surface area contributed by atoms with Crippen molar-refractivity contribution in [3.63, 3.8) is 0 Å². The quantitative estimate of drug-likeness (QED) is 0.374. The predicted molar refractivity (Wildman–Crippen MR) is 139 cm³/mol. The fourth-order valence-electron chi connectivity index (χ4n) is 5.32. The summed E-state index contributed by atoms with van der Waals surface area (Å²) in [6.07, 6.45) is 7.52. The molecule has 0 unspecified atom stereocenters. The number of nitrogens with one attached hydrogen (secondary N) is 1. The number of halogens is 2. The number of methoxy groups -OCH3 is 1. The van der Waals surface area contributed by atoms with Gasteiger partial charge < -0.3 is 15.8 Å². The Balaban J connectivity index is 1.50. The van der Waals surface area contributed by atoms with E-state index in [4.69, 9.17) is 10.5 Å². The molecule has 3 aromatic heterocycles. The van der Waals surface area contributed by atoms with Crippen molar-refractivity contribution in [1.29, 1.82) is 0 Å². The lowest BCUT2D eigenvalue weighted by Crippen LogP contribution is -2.45. The van der Waals surface area contributed by atoms with Gasteiger partial charge in [0.1, 0.15) is 11.6 Å². The molecule has 1 aliphatic carbocycles. The van der Waals surface area contributed by atoms with Crippen LogP contribution in [0.5, 0.6) is 0 Å². The van der Waals surface area contributed by atoms with Gasteiger partial charge >= 0.3 is 0 Å². The van der Waals surface area contributed by atoms with Gasteiger partial charge in [0.05, 0.1) is 45.9 Å². The third-order valence-electron chi connectivity index (χ3n) is 7.09. The van der Waals surface area contributed by atoms with Gasteiger partial charge in [-0.3, -0.25) is 4.98 Å². The average molecular weight is 543 g/mol. The van der Waals surface area contributed by atoms with Gasteiger partial charge in [-0.15, -0.1) is 0 Å². The predicted octanol–water partition coefficient (Wildman–Crippen LogP) is 4.07. The van der Waals surface area contributed by atoms with Crippen molar-refractivity contribution in [3.05, 3.63) is 66.1 Å². The summed E-state index contributed by atoms with van der Waals surface area (Å²) >= 11 is 0. The van der Waals surface area contributed by atoms with E-state index < -0.39 is 31.9 Å². The number of pyridine rings is 1. The van der Waals surface area contributed by atoms with Crippen molar-refractivity contribution in [2.24, 2.45) is 11.7 Å². The zero-order valence-corrected chi connectivity index (χ0v) is 21.9. The lowest BCUT2D eigenvalue weighted by molar-refractivity contribution is 0.00984. The van der Waals surface area contributed by atoms with Crippen LogP contribution in [0.15, 0.2) is 53.8 Å². The van der Waals surface area contributed by atoms with Crippen LogP contribution in [0.1, 0.15) is 31.2 Å². The number of fused-ring (bicyclic) bond motifs is 1. The van der Waals surface area contributed by atoms with E-state index in [-0.39, 0.29) is 29.7 Å². The highest BCUT2D eigenvalue weighted by Crippen LogP contribution is 2.40. The zero-order valence-electron chi connectivity index (χ0n) is 21.1. The number of anilines is 2. The van der Waals surface area contributed by atoms with E-state index >= 15 is 0 Å². The molecule has 1 fully saturated rings. The van der Waals surface area contributed by atoms with Gasteiger partial charge in [-0.1, -0.05) is 6.92 Å². The minimum Gasteiger partial charge on any atom is -0.380 e. The maximum Gasteiger partial charge on any atom is 0.229 e. The second-order valence-electron chi connectivity index (χ2n) is 9.77. The molecule has 0 aliphatic heterocycles. The normalized spacial score (nSPS) is 22.1. The molecule has 9 nitrogen and oxygen atoms in total. The van der Waals surface area contributed by atoms with Gasteiger partial charge in [-0.05, 0) is 60.6 Å². The fraction of sp³-hybridized carbons (Fsp3) is 0.346. The molecule has 4 atom stereocenters. The molecule has 0 radical (unpaired) electrons. The molecule has 3 N–H and O–H groups in total. The van der Waals surface area contributed by atoms with Crippen LogP contribution in [0.3, 0.4) is 0 Å². The van der Waals surface area contributed by atoms with Crippen molar-refractivity contribution >= 4 is 27.0 Å². The first kappa shape index (κ1) is 26.1. The van der Waals surface area contributed by atoms with E-state index in [0.717, 1.165) is 42.5 Å².